The Labute approximate surface area is 145 Å². The van der Waals surface area contributed by atoms with Crippen molar-refractivity contribution in [2.24, 2.45) is 0 Å². The SMILES string of the molecule is COC(=O)OCC(C)(C)c1cc(OS(C)(=O)=O)ccc1OC(=O)OC. The molecule has 0 amide bonds. The molecule has 140 valence electrons. The van der Waals surface area contributed by atoms with E-state index in [1.54, 1.807) is 13.8 Å². The van der Waals surface area contributed by atoms with Gasteiger partial charge in [-0.1, -0.05) is 13.8 Å². The first-order valence-electron chi connectivity index (χ1n) is 6.99. The summed E-state index contributed by atoms with van der Waals surface area (Å²) >= 11 is 0. The van der Waals surface area contributed by atoms with Gasteiger partial charge in [-0.15, -0.1) is 0 Å². The average molecular weight is 376 g/mol. The van der Waals surface area contributed by atoms with Gasteiger partial charge >= 0.3 is 22.4 Å². The third kappa shape index (κ3) is 6.49. The largest absolute Gasteiger partial charge is 0.513 e. The number of rotatable bonds is 6. The lowest BCUT2D eigenvalue weighted by Crippen LogP contribution is -2.27. The first-order chi connectivity index (χ1) is 11.5. The number of ether oxygens (including phenoxy) is 4. The fraction of sp³-hybridized carbons (Fsp3) is 0.467. The van der Waals surface area contributed by atoms with E-state index < -0.39 is 27.8 Å². The molecule has 0 bridgehead atoms. The molecule has 0 N–H and O–H groups in total. The fourth-order valence-corrected chi connectivity index (χ4v) is 2.31. The highest BCUT2D eigenvalue weighted by Gasteiger charge is 2.29. The Balaban J connectivity index is 3.26. The molecule has 0 atom stereocenters. The Kier molecular flexibility index (Phi) is 6.63. The number of carbonyl (C=O) groups is 2. The number of hydrogen-bond acceptors (Lipinski definition) is 9. The average Bonchev–Trinajstić information content (AvgIpc) is 2.52. The zero-order valence-electron chi connectivity index (χ0n) is 14.5. The standard InChI is InChI=1S/C15H20O9S/c1-15(2,9-22-13(16)20-3)11-8-10(24-25(5,18)19)6-7-12(11)23-14(17)21-4/h6-8H,9H2,1-5H3. The number of methoxy groups -OCH3 is 2. The van der Waals surface area contributed by atoms with Crippen LogP contribution in [0.1, 0.15) is 19.4 Å². The minimum Gasteiger partial charge on any atom is -0.438 e. The van der Waals surface area contributed by atoms with Crippen molar-refractivity contribution in [1.82, 2.24) is 0 Å². The van der Waals surface area contributed by atoms with Gasteiger partial charge in [0.25, 0.3) is 0 Å². The molecule has 0 aliphatic heterocycles. The topological polar surface area (TPSA) is 114 Å². The maximum atomic E-state index is 11.4. The van der Waals surface area contributed by atoms with Gasteiger partial charge in [-0.2, -0.15) is 8.42 Å². The Hall–Kier alpha value is -2.49. The van der Waals surface area contributed by atoms with Gasteiger partial charge in [0.2, 0.25) is 0 Å². The predicted octanol–water partition coefficient (Wildman–Crippen LogP) is 2.23. The highest BCUT2D eigenvalue weighted by molar-refractivity contribution is 7.86. The summed E-state index contributed by atoms with van der Waals surface area (Å²) < 4.78 is 46.3. The summed E-state index contributed by atoms with van der Waals surface area (Å²) in [5, 5.41) is 0. The van der Waals surface area contributed by atoms with Crippen molar-refractivity contribution in [2.75, 3.05) is 27.1 Å². The van der Waals surface area contributed by atoms with Crippen molar-refractivity contribution >= 4 is 22.4 Å². The maximum Gasteiger partial charge on any atom is 0.513 e. The summed E-state index contributed by atoms with van der Waals surface area (Å²) in [5.74, 6) is 0.118. The quantitative estimate of drug-likeness (QED) is 0.419. The van der Waals surface area contributed by atoms with Crippen molar-refractivity contribution in [3.8, 4) is 11.5 Å². The monoisotopic (exact) mass is 376 g/mol. The molecule has 0 aromatic heterocycles. The fourth-order valence-electron chi connectivity index (χ4n) is 1.86. The van der Waals surface area contributed by atoms with Crippen LogP contribution in [0.5, 0.6) is 11.5 Å². The minimum atomic E-state index is -3.75. The zero-order chi connectivity index (χ0) is 19.3. The van der Waals surface area contributed by atoms with Crippen LogP contribution in [0.3, 0.4) is 0 Å². The third-order valence-electron chi connectivity index (χ3n) is 3.01. The van der Waals surface area contributed by atoms with Crippen LogP contribution >= 0.6 is 0 Å². The van der Waals surface area contributed by atoms with E-state index >= 15 is 0 Å². The molecular formula is C15H20O9S. The van der Waals surface area contributed by atoms with Crippen LogP contribution < -0.4 is 8.92 Å². The van der Waals surface area contributed by atoms with Gasteiger partial charge in [-0.3, -0.25) is 0 Å². The van der Waals surface area contributed by atoms with Crippen LogP contribution in [0, 0.1) is 0 Å². The van der Waals surface area contributed by atoms with E-state index in [0.717, 1.165) is 13.4 Å². The molecule has 0 heterocycles. The molecule has 9 nitrogen and oxygen atoms in total. The van der Waals surface area contributed by atoms with Crippen molar-refractivity contribution in [2.45, 2.75) is 19.3 Å². The van der Waals surface area contributed by atoms with Gasteiger partial charge in [0.05, 0.1) is 20.5 Å². The second-order valence-electron chi connectivity index (χ2n) is 5.63. The highest BCUT2D eigenvalue weighted by atomic mass is 32.2. The van der Waals surface area contributed by atoms with Crippen LogP contribution in [0.25, 0.3) is 0 Å². The Bertz CT molecular complexity index is 737. The van der Waals surface area contributed by atoms with E-state index in [4.69, 9.17) is 13.7 Å². The van der Waals surface area contributed by atoms with E-state index in [-0.39, 0.29) is 18.1 Å². The molecule has 25 heavy (non-hydrogen) atoms. The lowest BCUT2D eigenvalue weighted by atomic mass is 9.84. The van der Waals surface area contributed by atoms with Gasteiger partial charge < -0.3 is 23.1 Å². The molecule has 0 unspecified atom stereocenters. The van der Waals surface area contributed by atoms with Crippen molar-refractivity contribution in [1.29, 1.82) is 0 Å². The van der Waals surface area contributed by atoms with Crippen LogP contribution in [-0.4, -0.2) is 47.8 Å². The summed E-state index contributed by atoms with van der Waals surface area (Å²) in [7, 11) is -1.43. The summed E-state index contributed by atoms with van der Waals surface area (Å²) in [6.45, 7) is 3.26. The van der Waals surface area contributed by atoms with Crippen molar-refractivity contribution < 1.29 is 41.1 Å². The minimum absolute atomic E-state index is 0.0147. The van der Waals surface area contributed by atoms with E-state index in [1.165, 1.54) is 25.3 Å². The van der Waals surface area contributed by atoms with Gasteiger partial charge in [-0.05, 0) is 18.2 Å². The summed E-state index contributed by atoms with van der Waals surface area (Å²) in [4.78, 5) is 22.6. The van der Waals surface area contributed by atoms with E-state index in [9.17, 15) is 18.0 Å². The predicted molar refractivity (Wildman–Crippen MR) is 86.3 cm³/mol. The molecule has 10 heteroatoms. The Morgan fingerprint density at radius 1 is 1.08 bits per heavy atom. The number of carbonyl (C=O) groups excluding carboxylic acids is 2. The van der Waals surface area contributed by atoms with Gasteiger partial charge in [0, 0.05) is 11.0 Å². The molecule has 1 aromatic rings. The molecule has 0 aliphatic carbocycles. The second kappa shape index (κ2) is 8.06. The van der Waals surface area contributed by atoms with E-state index in [2.05, 4.69) is 9.47 Å². The van der Waals surface area contributed by atoms with Crippen molar-refractivity contribution in [3.05, 3.63) is 23.8 Å². The molecule has 0 aliphatic rings. The molecule has 0 saturated carbocycles. The van der Waals surface area contributed by atoms with Crippen LogP contribution in [0.2, 0.25) is 0 Å². The molecule has 0 saturated heterocycles. The molecule has 0 radical (unpaired) electrons. The lowest BCUT2D eigenvalue weighted by molar-refractivity contribution is 0.0571. The number of benzene rings is 1. The van der Waals surface area contributed by atoms with E-state index in [0.29, 0.717) is 5.56 Å². The normalized spacial score (nSPS) is 11.4. The molecule has 0 spiro atoms. The zero-order valence-corrected chi connectivity index (χ0v) is 15.3. The van der Waals surface area contributed by atoms with Gasteiger partial charge in [0.15, 0.2) is 0 Å². The maximum absolute atomic E-state index is 11.4. The van der Waals surface area contributed by atoms with Crippen LogP contribution in [-0.2, 0) is 29.7 Å². The van der Waals surface area contributed by atoms with Gasteiger partial charge in [-0.25, -0.2) is 9.59 Å². The van der Waals surface area contributed by atoms with Gasteiger partial charge in [0.1, 0.15) is 18.1 Å². The molecular weight excluding hydrogens is 356 g/mol. The highest BCUT2D eigenvalue weighted by Crippen LogP contribution is 2.35. The third-order valence-corrected chi connectivity index (χ3v) is 3.50. The molecule has 1 rings (SSSR count). The molecule has 1 aromatic carbocycles. The smallest absolute Gasteiger partial charge is 0.438 e. The van der Waals surface area contributed by atoms with Crippen LogP contribution in [0.15, 0.2) is 18.2 Å². The first-order valence-corrected chi connectivity index (χ1v) is 8.80. The van der Waals surface area contributed by atoms with Crippen LogP contribution in [0.4, 0.5) is 9.59 Å². The van der Waals surface area contributed by atoms with Crippen molar-refractivity contribution in [3.63, 3.8) is 0 Å². The second-order valence-corrected chi connectivity index (χ2v) is 7.20. The van der Waals surface area contributed by atoms with E-state index in [1.807, 2.05) is 0 Å². The summed E-state index contributed by atoms with van der Waals surface area (Å²) in [6.07, 6.45) is -0.938. The Morgan fingerprint density at radius 3 is 2.20 bits per heavy atom. The number of hydrogen-bond donors (Lipinski definition) is 0. The lowest BCUT2D eigenvalue weighted by Gasteiger charge is -2.26. The first kappa shape index (κ1) is 20.6. The Morgan fingerprint density at radius 2 is 1.68 bits per heavy atom. The summed E-state index contributed by atoms with van der Waals surface area (Å²) in [5.41, 5.74) is -0.503. The molecule has 0 fully saturated rings. The summed E-state index contributed by atoms with van der Waals surface area (Å²) in [6, 6.07) is 4.05.